The van der Waals surface area contributed by atoms with Gasteiger partial charge in [0.15, 0.2) is 0 Å². The fraction of sp³-hybridized carbons (Fsp3) is 1.00. The lowest BCUT2D eigenvalue weighted by atomic mass is 10.1. The average Bonchev–Trinajstić information content (AvgIpc) is 2.32. The van der Waals surface area contributed by atoms with Gasteiger partial charge in [-0.1, -0.05) is 20.3 Å². The fourth-order valence-corrected chi connectivity index (χ4v) is 2.31. The molecule has 0 aromatic rings. The Kier molecular flexibility index (Phi) is 5.49. The quantitative estimate of drug-likeness (QED) is 0.682. The van der Waals surface area contributed by atoms with Gasteiger partial charge < -0.3 is 9.80 Å². The minimum Gasteiger partial charge on any atom is -0.305 e. The van der Waals surface area contributed by atoms with Crippen molar-refractivity contribution in [2.45, 2.75) is 33.1 Å². The molecule has 1 heterocycles. The molecule has 14 heavy (non-hydrogen) atoms. The van der Waals surface area contributed by atoms with Crippen molar-refractivity contribution < 1.29 is 0 Å². The second-order valence-corrected chi connectivity index (χ2v) is 4.85. The maximum atomic E-state index is 2.64. The summed E-state index contributed by atoms with van der Waals surface area (Å²) in [7, 11) is 2.24. The summed E-state index contributed by atoms with van der Waals surface area (Å²) in [6, 6.07) is 0. The molecule has 1 fully saturated rings. The van der Waals surface area contributed by atoms with Crippen LogP contribution in [0.2, 0.25) is 0 Å². The lowest BCUT2D eigenvalue weighted by molar-refractivity contribution is 0.236. The maximum absolute atomic E-state index is 2.64. The molecule has 84 valence electrons. The predicted octanol–water partition coefficient (Wildman–Crippen LogP) is 2.06. The zero-order chi connectivity index (χ0) is 10.4. The van der Waals surface area contributed by atoms with E-state index in [2.05, 4.69) is 30.7 Å². The van der Waals surface area contributed by atoms with Crippen LogP contribution in [-0.2, 0) is 0 Å². The van der Waals surface area contributed by atoms with Crippen LogP contribution in [0.5, 0.6) is 0 Å². The lowest BCUT2D eigenvalue weighted by Crippen LogP contribution is -2.32. The Labute approximate surface area is 89.3 Å². The Morgan fingerprint density at radius 2 is 1.93 bits per heavy atom. The van der Waals surface area contributed by atoms with Crippen LogP contribution in [-0.4, -0.2) is 49.6 Å². The molecule has 0 aliphatic carbocycles. The maximum Gasteiger partial charge on any atom is 0.0109 e. The first-order valence-corrected chi connectivity index (χ1v) is 6.13. The summed E-state index contributed by atoms with van der Waals surface area (Å²) in [5.41, 5.74) is 0. The van der Waals surface area contributed by atoms with Crippen LogP contribution in [0.1, 0.15) is 33.1 Å². The van der Waals surface area contributed by atoms with Gasteiger partial charge in [-0.3, -0.25) is 0 Å². The molecular weight excluding hydrogens is 172 g/mol. The highest BCUT2D eigenvalue weighted by atomic mass is 15.2. The third-order valence-electron chi connectivity index (χ3n) is 3.16. The molecule has 1 aliphatic rings. The molecule has 0 aromatic heterocycles. The average molecular weight is 198 g/mol. The minimum absolute atomic E-state index is 0.878. The van der Waals surface area contributed by atoms with Crippen molar-refractivity contribution in [3.63, 3.8) is 0 Å². The summed E-state index contributed by atoms with van der Waals surface area (Å²) in [6.45, 7) is 11.1. The first kappa shape index (κ1) is 12.0. The van der Waals surface area contributed by atoms with Crippen molar-refractivity contribution in [3.8, 4) is 0 Å². The highest BCUT2D eigenvalue weighted by Gasteiger charge is 2.13. The van der Waals surface area contributed by atoms with Gasteiger partial charge in [0.05, 0.1) is 0 Å². The zero-order valence-corrected chi connectivity index (χ0v) is 10.1. The Bertz CT molecular complexity index is 147. The van der Waals surface area contributed by atoms with Crippen molar-refractivity contribution >= 4 is 0 Å². The smallest absolute Gasteiger partial charge is 0.0109 e. The molecule has 0 bridgehead atoms. The van der Waals surface area contributed by atoms with Crippen molar-refractivity contribution in [3.05, 3.63) is 0 Å². The molecule has 1 aliphatic heterocycles. The van der Waals surface area contributed by atoms with Gasteiger partial charge in [0, 0.05) is 19.6 Å². The van der Waals surface area contributed by atoms with Gasteiger partial charge in [0.25, 0.3) is 0 Å². The Balaban J connectivity index is 2.22. The van der Waals surface area contributed by atoms with Crippen LogP contribution < -0.4 is 0 Å². The van der Waals surface area contributed by atoms with E-state index in [1.165, 1.54) is 52.0 Å². The van der Waals surface area contributed by atoms with Crippen LogP contribution in [0.4, 0.5) is 0 Å². The molecule has 2 nitrogen and oxygen atoms in total. The summed E-state index contributed by atoms with van der Waals surface area (Å²) in [6.07, 6.45) is 4.05. The summed E-state index contributed by atoms with van der Waals surface area (Å²) in [4.78, 5) is 5.09. The number of nitrogens with zero attached hydrogens (tertiary/aromatic N) is 2. The van der Waals surface area contributed by atoms with Gasteiger partial charge in [-0.15, -0.1) is 0 Å². The van der Waals surface area contributed by atoms with Gasteiger partial charge in [-0.05, 0) is 38.9 Å². The molecule has 1 unspecified atom stereocenters. The first-order chi connectivity index (χ1) is 6.72. The van der Waals surface area contributed by atoms with E-state index in [4.69, 9.17) is 0 Å². The summed E-state index contributed by atoms with van der Waals surface area (Å²) >= 11 is 0. The van der Waals surface area contributed by atoms with Crippen LogP contribution in [0, 0.1) is 5.92 Å². The van der Waals surface area contributed by atoms with E-state index in [1.54, 1.807) is 0 Å². The van der Waals surface area contributed by atoms with Crippen LogP contribution in [0.25, 0.3) is 0 Å². The molecule has 0 spiro atoms. The number of hydrogen-bond acceptors (Lipinski definition) is 2. The molecule has 0 aromatic carbocycles. The lowest BCUT2D eigenvalue weighted by Gasteiger charge is -2.23. The second kappa shape index (κ2) is 6.41. The van der Waals surface area contributed by atoms with E-state index < -0.39 is 0 Å². The Morgan fingerprint density at radius 1 is 1.14 bits per heavy atom. The van der Waals surface area contributed by atoms with E-state index in [1.807, 2.05) is 0 Å². The van der Waals surface area contributed by atoms with E-state index in [0.717, 1.165) is 5.92 Å². The van der Waals surface area contributed by atoms with Gasteiger partial charge in [0.2, 0.25) is 0 Å². The number of likely N-dealkylation sites (N-methyl/N-ethyl adjacent to an activating group) is 1. The molecule has 0 N–H and O–H groups in total. The zero-order valence-electron chi connectivity index (χ0n) is 10.1. The van der Waals surface area contributed by atoms with Crippen molar-refractivity contribution in [2.75, 3.05) is 39.8 Å². The van der Waals surface area contributed by atoms with Gasteiger partial charge in [0.1, 0.15) is 0 Å². The van der Waals surface area contributed by atoms with Crippen LogP contribution in [0.15, 0.2) is 0 Å². The van der Waals surface area contributed by atoms with E-state index in [-0.39, 0.29) is 0 Å². The molecule has 2 heteroatoms. The summed E-state index contributed by atoms with van der Waals surface area (Å²) in [5, 5.41) is 0. The van der Waals surface area contributed by atoms with Crippen LogP contribution in [0.3, 0.4) is 0 Å². The van der Waals surface area contributed by atoms with Crippen molar-refractivity contribution in [2.24, 2.45) is 5.92 Å². The van der Waals surface area contributed by atoms with Crippen molar-refractivity contribution in [1.82, 2.24) is 9.80 Å². The van der Waals surface area contributed by atoms with Gasteiger partial charge in [-0.25, -0.2) is 0 Å². The number of rotatable bonds is 4. The third kappa shape index (κ3) is 4.43. The Morgan fingerprint density at radius 3 is 2.64 bits per heavy atom. The van der Waals surface area contributed by atoms with E-state index in [9.17, 15) is 0 Å². The molecule has 1 rings (SSSR count). The van der Waals surface area contributed by atoms with Gasteiger partial charge >= 0.3 is 0 Å². The summed E-state index contributed by atoms with van der Waals surface area (Å²) in [5.74, 6) is 0.878. The highest BCUT2D eigenvalue weighted by Crippen LogP contribution is 2.09. The molecule has 1 saturated heterocycles. The van der Waals surface area contributed by atoms with Gasteiger partial charge in [-0.2, -0.15) is 0 Å². The molecule has 0 amide bonds. The number of hydrogen-bond donors (Lipinski definition) is 0. The SMILES string of the molecule is CCCC(C)CN1CCCN(C)CC1. The van der Waals surface area contributed by atoms with E-state index >= 15 is 0 Å². The second-order valence-electron chi connectivity index (χ2n) is 4.85. The normalized spacial score (nSPS) is 23.4. The topological polar surface area (TPSA) is 6.48 Å². The largest absolute Gasteiger partial charge is 0.305 e. The monoisotopic (exact) mass is 198 g/mol. The minimum atomic E-state index is 0.878. The predicted molar refractivity (Wildman–Crippen MR) is 62.6 cm³/mol. The molecule has 0 saturated carbocycles. The highest BCUT2D eigenvalue weighted by molar-refractivity contribution is 4.69. The molecule has 0 radical (unpaired) electrons. The Hall–Kier alpha value is -0.0800. The van der Waals surface area contributed by atoms with Crippen LogP contribution >= 0.6 is 0 Å². The molecular formula is C12H26N2. The van der Waals surface area contributed by atoms with Crippen molar-refractivity contribution in [1.29, 1.82) is 0 Å². The van der Waals surface area contributed by atoms with E-state index in [0.29, 0.717) is 0 Å². The third-order valence-corrected chi connectivity index (χ3v) is 3.16. The standard InChI is InChI=1S/C12H26N2/c1-4-6-12(2)11-14-8-5-7-13(3)9-10-14/h12H,4-11H2,1-3H3. The molecule has 1 atom stereocenters. The fourth-order valence-electron chi connectivity index (χ4n) is 2.31. The summed E-state index contributed by atoms with van der Waals surface area (Å²) < 4.78 is 0. The first-order valence-electron chi connectivity index (χ1n) is 6.13.